The van der Waals surface area contributed by atoms with Crippen LogP contribution in [-0.2, 0) is 42.5 Å². The molecule has 3 atom stereocenters. The van der Waals surface area contributed by atoms with Gasteiger partial charge in [0, 0.05) is 45.4 Å². The van der Waals surface area contributed by atoms with E-state index in [0.717, 1.165) is 42.1 Å². The van der Waals surface area contributed by atoms with Gasteiger partial charge in [-0.25, -0.2) is 4.79 Å². The first-order valence-corrected chi connectivity index (χ1v) is 17.2. The highest BCUT2D eigenvalue weighted by atomic mass is 16.6. The van der Waals surface area contributed by atoms with Gasteiger partial charge in [-0.15, -0.1) is 0 Å². The van der Waals surface area contributed by atoms with E-state index in [4.69, 9.17) is 33.2 Å². The maximum absolute atomic E-state index is 13.2. The molecule has 0 aromatic heterocycles. The minimum Gasteiger partial charge on any atom is -0.493 e. The first-order valence-electron chi connectivity index (χ1n) is 17.2. The molecule has 0 saturated carbocycles. The number of piperidine rings is 1. The lowest BCUT2D eigenvalue weighted by molar-refractivity contribution is -0.155. The van der Waals surface area contributed by atoms with Crippen molar-refractivity contribution in [1.29, 1.82) is 0 Å². The number of carbonyl (C=O) groups is 1. The minimum absolute atomic E-state index is 0.00390. The topological polar surface area (TPSA) is 108 Å². The van der Waals surface area contributed by atoms with Gasteiger partial charge in [0.05, 0.1) is 51.3 Å². The summed E-state index contributed by atoms with van der Waals surface area (Å²) in [7, 11) is 1.71. The van der Waals surface area contributed by atoms with Crippen molar-refractivity contribution in [1.82, 2.24) is 4.90 Å². The van der Waals surface area contributed by atoms with Crippen LogP contribution in [0, 0.1) is 0 Å². The molecule has 4 rings (SSSR count). The number of methoxy groups -OCH3 is 1. The molecule has 1 saturated heterocycles. The summed E-state index contributed by atoms with van der Waals surface area (Å²) >= 11 is 0. The van der Waals surface area contributed by atoms with Crippen molar-refractivity contribution in [2.45, 2.75) is 91.0 Å². The second kappa shape index (κ2) is 17.5. The summed E-state index contributed by atoms with van der Waals surface area (Å²) in [5.74, 6) is 1.40. The lowest BCUT2D eigenvalue weighted by Crippen LogP contribution is -2.56. The SMILES string of the molecule is CCOc1cc(COCC(C)OCC)ccc1[C@@]1(O)CCN(C(=O)OC(C)(C)C)C[C@@H]1OCc1ccc2c(c1)N(CCCOC)CCO2. The summed E-state index contributed by atoms with van der Waals surface area (Å²) in [6.07, 6.45) is -0.0574. The number of nitrogens with zero attached hydrogens (tertiary/aromatic N) is 2. The Bertz CT molecular complexity index is 1320. The van der Waals surface area contributed by atoms with Crippen molar-refractivity contribution < 1.29 is 43.1 Å². The van der Waals surface area contributed by atoms with E-state index in [1.807, 2.05) is 71.9 Å². The van der Waals surface area contributed by atoms with Gasteiger partial charge in [-0.3, -0.25) is 0 Å². The van der Waals surface area contributed by atoms with Crippen molar-refractivity contribution >= 4 is 11.8 Å². The Morgan fingerprint density at radius 2 is 1.85 bits per heavy atom. The number of benzene rings is 2. The Balaban J connectivity index is 1.58. The van der Waals surface area contributed by atoms with Gasteiger partial charge in [-0.2, -0.15) is 0 Å². The fourth-order valence-electron chi connectivity index (χ4n) is 6.10. The number of carbonyl (C=O) groups excluding carboxylic acids is 1. The van der Waals surface area contributed by atoms with Crippen LogP contribution in [0.1, 0.15) is 71.1 Å². The molecule has 1 fully saturated rings. The van der Waals surface area contributed by atoms with Gasteiger partial charge in [-0.1, -0.05) is 18.2 Å². The molecular weight excluding hydrogens is 616 g/mol. The van der Waals surface area contributed by atoms with Crippen molar-refractivity contribution in [3.05, 3.63) is 53.1 Å². The fourth-order valence-corrected chi connectivity index (χ4v) is 6.10. The van der Waals surface area contributed by atoms with Crippen LogP contribution in [-0.4, -0.2) is 100 Å². The van der Waals surface area contributed by atoms with Crippen molar-refractivity contribution in [2.24, 2.45) is 0 Å². The summed E-state index contributed by atoms with van der Waals surface area (Å²) in [6, 6.07) is 11.8. The van der Waals surface area contributed by atoms with E-state index in [1.165, 1.54) is 0 Å². The number of likely N-dealkylation sites (tertiary alicyclic amines) is 1. The van der Waals surface area contributed by atoms with E-state index in [2.05, 4.69) is 11.0 Å². The molecule has 48 heavy (non-hydrogen) atoms. The predicted octanol–water partition coefficient (Wildman–Crippen LogP) is 5.68. The Kier molecular flexibility index (Phi) is 13.8. The summed E-state index contributed by atoms with van der Waals surface area (Å²) < 4.78 is 41.0. The molecule has 2 aromatic carbocycles. The molecule has 11 nitrogen and oxygen atoms in total. The number of rotatable bonds is 16. The van der Waals surface area contributed by atoms with Gasteiger partial charge in [0.2, 0.25) is 0 Å². The van der Waals surface area contributed by atoms with E-state index < -0.39 is 23.4 Å². The van der Waals surface area contributed by atoms with Gasteiger partial charge in [-0.05, 0) is 77.3 Å². The molecule has 0 spiro atoms. The van der Waals surface area contributed by atoms with Gasteiger partial charge >= 0.3 is 6.09 Å². The molecule has 1 N–H and O–H groups in total. The Labute approximate surface area is 286 Å². The molecule has 2 heterocycles. The van der Waals surface area contributed by atoms with Crippen molar-refractivity contribution in [2.75, 3.05) is 71.2 Å². The Morgan fingerprint density at radius 3 is 2.58 bits per heavy atom. The summed E-state index contributed by atoms with van der Waals surface area (Å²) in [6.45, 7) is 16.9. The van der Waals surface area contributed by atoms with Crippen LogP contribution < -0.4 is 14.4 Å². The third-order valence-corrected chi connectivity index (χ3v) is 8.43. The number of ether oxygens (including phenoxy) is 7. The summed E-state index contributed by atoms with van der Waals surface area (Å²) in [5.41, 5.74) is 1.40. The molecule has 0 radical (unpaired) electrons. The third kappa shape index (κ3) is 10.2. The van der Waals surface area contributed by atoms with Crippen molar-refractivity contribution in [3.8, 4) is 11.5 Å². The largest absolute Gasteiger partial charge is 0.493 e. The predicted molar refractivity (Wildman–Crippen MR) is 184 cm³/mol. The van der Waals surface area contributed by atoms with Crippen LogP contribution in [0.4, 0.5) is 10.5 Å². The standard InChI is InChI=1S/C37H56N2O9/c1-8-44-27(3)24-43-25-29-11-13-30(33(22-29)45-9-2)37(41)15-17-39(35(40)48-36(4,5)6)23-34(37)47-26-28-12-14-32-31(21-28)38(18-20-46-32)16-10-19-42-7/h11-14,21-22,27,34,41H,8-10,15-20,23-26H2,1-7H3/t27?,34-,37-/m0/s1. The monoisotopic (exact) mass is 672 g/mol. The zero-order valence-electron chi connectivity index (χ0n) is 29.9. The quantitative estimate of drug-likeness (QED) is 0.224. The molecule has 2 aromatic rings. The zero-order valence-corrected chi connectivity index (χ0v) is 29.9. The number of fused-ring (bicyclic) bond motifs is 1. The van der Waals surface area contributed by atoms with E-state index in [1.54, 1.807) is 12.0 Å². The van der Waals surface area contributed by atoms with Gasteiger partial charge in [0.1, 0.15) is 35.4 Å². The lowest BCUT2D eigenvalue weighted by Gasteiger charge is -2.45. The normalized spacial score (nSPS) is 20.2. The molecule has 1 unspecified atom stereocenters. The van der Waals surface area contributed by atoms with Crippen LogP contribution in [0.3, 0.4) is 0 Å². The zero-order chi connectivity index (χ0) is 34.7. The van der Waals surface area contributed by atoms with E-state index in [0.29, 0.717) is 57.5 Å². The smallest absolute Gasteiger partial charge is 0.410 e. The molecule has 268 valence electrons. The van der Waals surface area contributed by atoms with Crippen LogP contribution in [0.2, 0.25) is 0 Å². The molecule has 2 aliphatic rings. The van der Waals surface area contributed by atoms with Crippen LogP contribution in [0.5, 0.6) is 11.5 Å². The van der Waals surface area contributed by atoms with Crippen LogP contribution >= 0.6 is 0 Å². The van der Waals surface area contributed by atoms with E-state index in [-0.39, 0.29) is 25.7 Å². The first kappa shape index (κ1) is 37.7. The molecule has 0 bridgehead atoms. The summed E-state index contributed by atoms with van der Waals surface area (Å²) in [5, 5.41) is 12.5. The van der Waals surface area contributed by atoms with Crippen LogP contribution in [0.15, 0.2) is 36.4 Å². The third-order valence-electron chi connectivity index (χ3n) is 8.43. The number of anilines is 1. The average Bonchev–Trinajstić information content (AvgIpc) is 3.04. The highest BCUT2D eigenvalue weighted by Gasteiger charge is 2.47. The van der Waals surface area contributed by atoms with E-state index >= 15 is 0 Å². The Hall–Kier alpha value is -3.09. The summed E-state index contributed by atoms with van der Waals surface area (Å²) in [4.78, 5) is 17.1. The van der Waals surface area contributed by atoms with E-state index in [9.17, 15) is 9.90 Å². The van der Waals surface area contributed by atoms with Gasteiger partial charge < -0.3 is 48.1 Å². The van der Waals surface area contributed by atoms with Crippen LogP contribution in [0.25, 0.3) is 0 Å². The number of aliphatic hydroxyl groups is 1. The highest BCUT2D eigenvalue weighted by molar-refractivity contribution is 5.68. The van der Waals surface area contributed by atoms with Gasteiger partial charge in [0.25, 0.3) is 0 Å². The van der Waals surface area contributed by atoms with Crippen molar-refractivity contribution in [3.63, 3.8) is 0 Å². The highest BCUT2D eigenvalue weighted by Crippen LogP contribution is 2.41. The first-order chi connectivity index (χ1) is 23.0. The minimum atomic E-state index is -1.44. The molecule has 0 aliphatic carbocycles. The molecule has 11 heteroatoms. The second-order valence-electron chi connectivity index (χ2n) is 13.4. The number of amides is 1. The average molecular weight is 673 g/mol. The number of hydrogen-bond acceptors (Lipinski definition) is 10. The fraction of sp³-hybridized carbons (Fsp3) is 0.649. The second-order valence-corrected chi connectivity index (χ2v) is 13.4. The molecule has 1 amide bonds. The molecule has 2 aliphatic heterocycles. The van der Waals surface area contributed by atoms with Gasteiger partial charge in [0.15, 0.2) is 0 Å². The maximum Gasteiger partial charge on any atom is 0.410 e. The maximum atomic E-state index is 13.2. The number of hydrogen-bond donors (Lipinski definition) is 1. The molecular formula is C37H56N2O9. The lowest BCUT2D eigenvalue weighted by atomic mass is 9.81. The Morgan fingerprint density at radius 1 is 1.08 bits per heavy atom.